The van der Waals surface area contributed by atoms with Crippen LogP contribution in [0.3, 0.4) is 0 Å². The summed E-state index contributed by atoms with van der Waals surface area (Å²) in [6.07, 6.45) is 3.64. The molecule has 1 aliphatic carbocycles. The minimum Gasteiger partial charge on any atom is -0.459 e. The number of allylic oxidation sites excluding steroid dienone is 1. The highest BCUT2D eigenvalue weighted by atomic mass is 16.6. The number of benzene rings is 1. The molecular formula is C19H23N3O5. The van der Waals surface area contributed by atoms with Crippen LogP contribution in [0.25, 0.3) is 0 Å². The van der Waals surface area contributed by atoms with Crippen LogP contribution in [0.1, 0.15) is 51.1 Å². The number of carbonyl (C=O) groups excluding carboxylic acids is 2. The topological polar surface area (TPSA) is 111 Å². The van der Waals surface area contributed by atoms with E-state index in [-0.39, 0.29) is 17.4 Å². The lowest BCUT2D eigenvalue weighted by Gasteiger charge is -2.31. The summed E-state index contributed by atoms with van der Waals surface area (Å²) in [4.78, 5) is 35.4. The Kier molecular flexibility index (Phi) is 5.43. The lowest BCUT2D eigenvalue weighted by Crippen LogP contribution is -2.45. The van der Waals surface area contributed by atoms with Crippen molar-refractivity contribution in [3.05, 3.63) is 51.2 Å². The molecule has 1 aromatic rings. The van der Waals surface area contributed by atoms with Crippen LogP contribution in [-0.2, 0) is 9.53 Å². The number of rotatable bonds is 4. The lowest BCUT2D eigenvalue weighted by atomic mass is 9.88. The third kappa shape index (κ3) is 4.27. The van der Waals surface area contributed by atoms with Gasteiger partial charge in [-0.1, -0.05) is 25.5 Å². The monoisotopic (exact) mass is 373 g/mol. The van der Waals surface area contributed by atoms with Crippen LogP contribution in [0.15, 0.2) is 35.5 Å². The molecule has 3 rings (SSSR count). The number of non-ortho nitro benzene ring substituents is 1. The highest BCUT2D eigenvalue weighted by Gasteiger charge is 2.34. The van der Waals surface area contributed by atoms with Gasteiger partial charge in [0.15, 0.2) is 0 Å². The molecule has 1 aromatic carbocycles. The number of nitrogens with one attached hydrogen (secondary N) is 2. The van der Waals surface area contributed by atoms with Gasteiger partial charge in [0.1, 0.15) is 6.10 Å². The molecule has 3 atom stereocenters. The molecule has 8 nitrogen and oxygen atoms in total. The third-order valence-electron chi connectivity index (χ3n) is 5.07. The normalized spacial score (nSPS) is 25.4. The summed E-state index contributed by atoms with van der Waals surface area (Å²) in [5, 5.41) is 16.3. The molecule has 2 amide bonds. The smallest absolute Gasteiger partial charge is 0.338 e. The predicted octanol–water partition coefficient (Wildman–Crippen LogP) is 3.34. The van der Waals surface area contributed by atoms with E-state index in [0.29, 0.717) is 17.2 Å². The van der Waals surface area contributed by atoms with E-state index in [0.717, 1.165) is 25.7 Å². The van der Waals surface area contributed by atoms with Gasteiger partial charge >= 0.3 is 12.0 Å². The van der Waals surface area contributed by atoms with E-state index >= 15 is 0 Å². The minimum atomic E-state index is -0.799. The molecule has 0 aromatic heterocycles. The summed E-state index contributed by atoms with van der Waals surface area (Å²) >= 11 is 0. The van der Waals surface area contributed by atoms with E-state index in [9.17, 15) is 19.7 Å². The van der Waals surface area contributed by atoms with Crippen LogP contribution >= 0.6 is 0 Å². The van der Waals surface area contributed by atoms with Crippen molar-refractivity contribution < 1.29 is 19.2 Å². The van der Waals surface area contributed by atoms with E-state index in [1.54, 1.807) is 13.0 Å². The molecule has 0 unspecified atom stereocenters. The van der Waals surface area contributed by atoms with Crippen LogP contribution < -0.4 is 10.6 Å². The summed E-state index contributed by atoms with van der Waals surface area (Å²) in [6, 6.07) is 4.64. The first-order valence-electron chi connectivity index (χ1n) is 9.08. The van der Waals surface area contributed by atoms with Crippen molar-refractivity contribution in [3.63, 3.8) is 0 Å². The molecule has 2 N–H and O–H groups in total. The Morgan fingerprint density at radius 2 is 2.11 bits per heavy atom. The molecule has 0 spiro atoms. The Hall–Kier alpha value is -2.90. The van der Waals surface area contributed by atoms with E-state index in [2.05, 4.69) is 17.6 Å². The second-order valence-corrected chi connectivity index (χ2v) is 7.22. The molecule has 1 aliphatic heterocycles. The molecular weight excluding hydrogens is 350 g/mol. The molecule has 0 radical (unpaired) electrons. The van der Waals surface area contributed by atoms with Gasteiger partial charge in [-0.15, -0.1) is 0 Å². The second-order valence-electron chi connectivity index (χ2n) is 7.22. The fourth-order valence-electron chi connectivity index (χ4n) is 3.73. The van der Waals surface area contributed by atoms with Gasteiger partial charge in [-0.2, -0.15) is 0 Å². The number of hydrogen-bond donors (Lipinski definition) is 2. The van der Waals surface area contributed by atoms with Crippen LogP contribution in [0.4, 0.5) is 10.5 Å². The zero-order valence-corrected chi connectivity index (χ0v) is 15.4. The maximum absolute atomic E-state index is 12.9. The quantitative estimate of drug-likeness (QED) is 0.478. The van der Waals surface area contributed by atoms with Gasteiger partial charge < -0.3 is 15.4 Å². The van der Waals surface area contributed by atoms with Crippen molar-refractivity contribution in [1.29, 1.82) is 0 Å². The largest absolute Gasteiger partial charge is 0.459 e. The van der Waals surface area contributed by atoms with E-state index < -0.39 is 23.0 Å². The van der Waals surface area contributed by atoms with Gasteiger partial charge in [-0.25, -0.2) is 9.59 Å². The standard InChI is InChI=1S/C19H23N3O5/c1-11-5-3-8-15(9-11)27-18(23)16-12(2)20-19(24)21-17(16)13-6-4-7-14(10-13)22(25)26/h4,6-7,10-11,15,17H,3,5,8-9H2,1-2H3,(H2,20,21,24)/t11-,15+,17-/m0/s1. The van der Waals surface area contributed by atoms with E-state index in [1.165, 1.54) is 18.2 Å². The summed E-state index contributed by atoms with van der Waals surface area (Å²) in [6.45, 7) is 3.77. The van der Waals surface area contributed by atoms with Gasteiger partial charge in [0.25, 0.3) is 5.69 Å². The fourth-order valence-corrected chi connectivity index (χ4v) is 3.73. The minimum absolute atomic E-state index is 0.105. The number of urea groups is 1. The maximum Gasteiger partial charge on any atom is 0.338 e. The summed E-state index contributed by atoms with van der Waals surface area (Å²) in [5.74, 6) is -0.000939. The second kappa shape index (κ2) is 7.77. The number of nitro groups is 1. The average molecular weight is 373 g/mol. The molecule has 8 heteroatoms. The first-order valence-corrected chi connectivity index (χ1v) is 9.08. The molecule has 0 saturated heterocycles. The van der Waals surface area contributed by atoms with Gasteiger partial charge in [-0.05, 0) is 37.7 Å². The Morgan fingerprint density at radius 3 is 2.81 bits per heavy atom. The zero-order chi connectivity index (χ0) is 19.6. The van der Waals surface area contributed by atoms with Crippen molar-refractivity contribution in [2.24, 2.45) is 5.92 Å². The number of hydrogen-bond acceptors (Lipinski definition) is 5. The predicted molar refractivity (Wildman–Crippen MR) is 97.7 cm³/mol. The third-order valence-corrected chi connectivity index (χ3v) is 5.07. The van der Waals surface area contributed by atoms with Crippen molar-refractivity contribution in [3.8, 4) is 0 Å². The molecule has 144 valence electrons. The van der Waals surface area contributed by atoms with E-state index in [1.807, 2.05) is 0 Å². The number of amides is 2. The molecule has 1 saturated carbocycles. The van der Waals surface area contributed by atoms with Gasteiger partial charge in [-0.3, -0.25) is 10.1 Å². The molecule has 1 fully saturated rings. The van der Waals surface area contributed by atoms with E-state index in [4.69, 9.17) is 4.74 Å². The SMILES string of the molecule is CC1=C(C(=O)O[C@@H]2CCC[C@H](C)C2)[C@H](c2cccc([N+](=O)[O-])c2)NC(=O)N1. The molecule has 2 aliphatic rings. The first-order chi connectivity index (χ1) is 12.8. The Balaban J connectivity index is 1.88. The molecule has 1 heterocycles. The lowest BCUT2D eigenvalue weighted by molar-refractivity contribution is -0.384. The van der Waals surface area contributed by atoms with Crippen LogP contribution in [-0.4, -0.2) is 23.0 Å². The van der Waals surface area contributed by atoms with Gasteiger partial charge in [0.05, 0.1) is 16.5 Å². The zero-order valence-electron chi connectivity index (χ0n) is 15.4. The highest BCUT2D eigenvalue weighted by molar-refractivity contribution is 5.95. The fraction of sp³-hybridized carbons (Fsp3) is 0.474. The number of carbonyl (C=O) groups is 2. The van der Waals surface area contributed by atoms with Gasteiger partial charge in [0, 0.05) is 17.8 Å². The summed E-state index contributed by atoms with van der Waals surface area (Å²) < 4.78 is 5.71. The Labute approximate surface area is 157 Å². The van der Waals surface area contributed by atoms with Crippen molar-refractivity contribution >= 4 is 17.7 Å². The highest BCUT2D eigenvalue weighted by Crippen LogP contribution is 2.32. The first kappa shape index (κ1) is 18.9. The van der Waals surface area contributed by atoms with Crippen LogP contribution in [0.5, 0.6) is 0 Å². The molecule has 0 bridgehead atoms. The van der Waals surface area contributed by atoms with Gasteiger partial charge in [0.2, 0.25) is 0 Å². The maximum atomic E-state index is 12.9. The summed E-state index contributed by atoms with van der Waals surface area (Å²) in [5.41, 5.74) is 1.02. The van der Waals surface area contributed by atoms with Crippen LogP contribution in [0.2, 0.25) is 0 Å². The molecule has 27 heavy (non-hydrogen) atoms. The van der Waals surface area contributed by atoms with Crippen LogP contribution in [0, 0.1) is 16.0 Å². The van der Waals surface area contributed by atoms with Crippen molar-refractivity contribution in [1.82, 2.24) is 10.6 Å². The Bertz CT molecular complexity index is 804. The Morgan fingerprint density at radius 1 is 1.33 bits per heavy atom. The number of nitrogens with zero attached hydrogens (tertiary/aromatic N) is 1. The number of esters is 1. The number of nitro benzene ring substituents is 1. The van der Waals surface area contributed by atoms with Crippen molar-refractivity contribution in [2.75, 3.05) is 0 Å². The average Bonchev–Trinajstić information content (AvgIpc) is 2.61. The number of ether oxygens (including phenoxy) is 1. The van der Waals surface area contributed by atoms with Crippen molar-refractivity contribution in [2.45, 2.75) is 51.7 Å². The summed E-state index contributed by atoms with van der Waals surface area (Å²) in [7, 11) is 0.